The summed E-state index contributed by atoms with van der Waals surface area (Å²) in [6.45, 7) is 0. The Hall–Kier alpha value is -0.880. The lowest BCUT2D eigenvalue weighted by molar-refractivity contribution is -0.132. The number of halogens is 2. The molecule has 0 aliphatic heterocycles. The molecule has 1 aromatic carbocycles. The third kappa shape index (κ3) is 3.54. The number of nitrogens with zero attached hydrogens (tertiary/aromatic N) is 1. The Labute approximate surface area is 116 Å². The molecule has 0 radical (unpaired) electrons. The van der Waals surface area contributed by atoms with Crippen LogP contribution in [0.25, 0.3) is 0 Å². The molecule has 0 aromatic heterocycles. The van der Waals surface area contributed by atoms with E-state index in [4.69, 9.17) is 0 Å². The molecule has 0 amide bonds. The smallest absolute Gasteiger partial charge is 0.360 e. The van der Waals surface area contributed by atoms with Gasteiger partial charge >= 0.3 is 5.97 Å². The molecule has 0 fully saturated rings. The minimum Gasteiger partial charge on any atom is -0.464 e. The lowest BCUT2D eigenvalue weighted by atomic mass is 10.0. The first-order chi connectivity index (χ1) is 8.11. The number of carbonyl (C=O) groups is 1. The maximum Gasteiger partial charge on any atom is 0.360 e. The molecule has 92 valence electrons. The first-order valence-corrected chi connectivity index (χ1v) is 6.51. The summed E-state index contributed by atoms with van der Waals surface area (Å²) in [5, 5.41) is 3.71. The molecule has 0 saturated carbocycles. The van der Waals surface area contributed by atoms with E-state index in [1.54, 1.807) is 6.07 Å². The third-order valence-corrected chi connectivity index (χ3v) is 3.00. The molecule has 1 aromatic rings. The second kappa shape index (κ2) is 6.76. The quantitative estimate of drug-likeness (QED) is 0.357. The van der Waals surface area contributed by atoms with Gasteiger partial charge in [-0.3, -0.25) is 0 Å². The van der Waals surface area contributed by atoms with Gasteiger partial charge in [0.1, 0.15) is 7.11 Å². The van der Waals surface area contributed by atoms with Gasteiger partial charge < -0.3 is 9.57 Å². The predicted molar refractivity (Wildman–Crippen MR) is 72.6 cm³/mol. The molecule has 0 aliphatic carbocycles. The summed E-state index contributed by atoms with van der Waals surface area (Å²) < 4.78 is 4.59. The van der Waals surface area contributed by atoms with Crippen LogP contribution in [0.1, 0.15) is 14.9 Å². The van der Waals surface area contributed by atoms with Crippen LogP contribution in [0.3, 0.4) is 0 Å². The highest BCUT2D eigenvalue weighted by molar-refractivity contribution is 9.24. The summed E-state index contributed by atoms with van der Waals surface area (Å²) in [6, 6.07) is 7.34. The summed E-state index contributed by atoms with van der Waals surface area (Å²) >= 11 is 6.79. The summed E-state index contributed by atoms with van der Waals surface area (Å²) in [6.07, 6.45) is 0. The van der Waals surface area contributed by atoms with Gasteiger partial charge in [0.25, 0.3) is 0 Å². The SMILES string of the molecule is CO/N=C(/C(=O)OC)c1ccccc1C(Br)Br. The highest BCUT2D eigenvalue weighted by atomic mass is 79.9. The summed E-state index contributed by atoms with van der Waals surface area (Å²) in [4.78, 5) is 16.3. The van der Waals surface area contributed by atoms with Crippen LogP contribution in [0.15, 0.2) is 29.4 Å². The summed E-state index contributed by atoms with van der Waals surface area (Å²) in [7, 11) is 2.68. The molecule has 0 aliphatic rings. The molecule has 1 rings (SSSR count). The number of alkyl halides is 2. The van der Waals surface area contributed by atoms with E-state index in [9.17, 15) is 4.79 Å². The van der Waals surface area contributed by atoms with Crippen molar-refractivity contribution in [3.8, 4) is 0 Å². The topological polar surface area (TPSA) is 47.9 Å². The number of rotatable bonds is 4. The second-order valence-electron chi connectivity index (χ2n) is 3.00. The van der Waals surface area contributed by atoms with E-state index in [1.807, 2.05) is 18.2 Å². The zero-order valence-corrected chi connectivity index (χ0v) is 12.5. The number of esters is 1. The second-order valence-corrected chi connectivity index (χ2v) is 6.06. The fraction of sp³-hybridized carbons (Fsp3) is 0.273. The van der Waals surface area contributed by atoms with E-state index in [0.29, 0.717) is 5.56 Å². The number of ether oxygens (including phenoxy) is 1. The van der Waals surface area contributed by atoms with Gasteiger partial charge in [-0.25, -0.2) is 4.79 Å². The lowest BCUT2D eigenvalue weighted by Gasteiger charge is -2.10. The Morgan fingerprint density at radius 1 is 1.29 bits per heavy atom. The van der Waals surface area contributed by atoms with Crippen molar-refractivity contribution in [1.82, 2.24) is 0 Å². The Balaban J connectivity index is 3.28. The van der Waals surface area contributed by atoms with Gasteiger partial charge in [0, 0.05) is 5.56 Å². The van der Waals surface area contributed by atoms with Crippen LogP contribution in [-0.4, -0.2) is 25.9 Å². The van der Waals surface area contributed by atoms with Gasteiger partial charge in [0.15, 0.2) is 5.71 Å². The summed E-state index contributed by atoms with van der Waals surface area (Å²) in [5.74, 6) is -0.542. The number of oxime groups is 1. The molecule has 0 N–H and O–H groups in total. The molecule has 0 bridgehead atoms. The van der Waals surface area contributed by atoms with Crippen molar-refractivity contribution < 1.29 is 14.4 Å². The van der Waals surface area contributed by atoms with Gasteiger partial charge in [-0.1, -0.05) is 61.3 Å². The highest BCUT2D eigenvalue weighted by Gasteiger charge is 2.20. The van der Waals surface area contributed by atoms with E-state index >= 15 is 0 Å². The average molecular weight is 365 g/mol. The van der Waals surface area contributed by atoms with E-state index in [1.165, 1.54) is 14.2 Å². The minimum atomic E-state index is -0.542. The zero-order valence-electron chi connectivity index (χ0n) is 9.31. The predicted octanol–water partition coefficient (Wildman–Crippen LogP) is 3.00. The Kier molecular flexibility index (Phi) is 5.64. The molecular weight excluding hydrogens is 354 g/mol. The fourth-order valence-electron chi connectivity index (χ4n) is 1.29. The molecule has 0 unspecified atom stereocenters. The molecular formula is C11H11Br2NO3. The van der Waals surface area contributed by atoms with Crippen molar-refractivity contribution >= 4 is 43.5 Å². The van der Waals surface area contributed by atoms with Crippen LogP contribution in [-0.2, 0) is 14.4 Å². The number of benzene rings is 1. The molecule has 4 nitrogen and oxygen atoms in total. The van der Waals surface area contributed by atoms with Crippen molar-refractivity contribution in [2.45, 2.75) is 3.74 Å². The molecule has 6 heteroatoms. The van der Waals surface area contributed by atoms with Crippen LogP contribution >= 0.6 is 31.9 Å². The van der Waals surface area contributed by atoms with Crippen LogP contribution < -0.4 is 0 Å². The Morgan fingerprint density at radius 2 is 1.94 bits per heavy atom. The molecule has 0 heterocycles. The number of methoxy groups -OCH3 is 1. The normalized spacial score (nSPS) is 11.5. The minimum absolute atomic E-state index is 0.0853. The van der Waals surface area contributed by atoms with Crippen LogP contribution in [0, 0.1) is 0 Å². The standard InChI is InChI=1S/C11H11Br2NO3/c1-16-11(15)9(14-17-2)7-5-3-4-6-8(7)10(12)13/h3-6,10H,1-2H3/b14-9+. The monoisotopic (exact) mass is 363 g/mol. The van der Waals surface area contributed by atoms with Gasteiger partial charge in [0.05, 0.1) is 10.8 Å². The molecule has 17 heavy (non-hydrogen) atoms. The molecule has 0 atom stereocenters. The molecule has 0 saturated heterocycles. The first kappa shape index (κ1) is 14.2. The number of carbonyl (C=O) groups excluding carboxylic acids is 1. The first-order valence-electron chi connectivity index (χ1n) is 4.68. The van der Waals surface area contributed by atoms with Crippen LogP contribution in [0.2, 0.25) is 0 Å². The lowest BCUT2D eigenvalue weighted by Crippen LogP contribution is -2.19. The van der Waals surface area contributed by atoms with Gasteiger partial charge in [-0.05, 0) is 5.56 Å². The number of hydrogen-bond acceptors (Lipinski definition) is 4. The van der Waals surface area contributed by atoms with E-state index in [2.05, 4.69) is 46.6 Å². The summed E-state index contributed by atoms with van der Waals surface area (Å²) in [5.41, 5.74) is 1.66. The van der Waals surface area contributed by atoms with Crippen molar-refractivity contribution in [2.75, 3.05) is 14.2 Å². The van der Waals surface area contributed by atoms with E-state index < -0.39 is 5.97 Å². The maximum atomic E-state index is 11.6. The van der Waals surface area contributed by atoms with Crippen molar-refractivity contribution in [3.05, 3.63) is 35.4 Å². The number of hydrogen-bond donors (Lipinski definition) is 0. The van der Waals surface area contributed by atoms with Crippen molar-refractivity contribution in [2.24, 2.45) is 5.16 Å². The van der Waals surface area contributed by atoms with Crippen LogP contribution in [0.5, 0.6) is 0 Å². The molecule has 0 spiro atoms. The van der Waals surface area contributed by atoms with Crippen molar-refractivity contribution in [1.29, 1.82) is 0 Å². The third-order valence-electron chi connectivity index (χ3n) is 2.01. The van der Waals surface area contributed by atoms with E-state index in [0.717, 1.165) is 5.56 Å². The average Bonchev–Trinajstić information content (AvgIpc) is 2.35. The Bertz CT molecular complexity index is 432. The Morgan fingerprint density at radius 3 is 2.47 bits per heavy atom. The van der Waals surface area contributed by atoms with Gasteiger partial charge in [-0.15, -0.1) is 0 Å². The van der Waals surface area contributed by atoms with Gasteiger partial charge in [-0.2, -0.15) is 0 Å². The maximum absolute atomic E-state index is 11.6. The largest absolute Gasteiger partial charge is 0.464 e. The van der Waals surface area contributed by atoms with Gasteiger partial charge in [0.2, 0.25) is 0 Å². The zero-order chi connectivity index (χ0) is 12.8. The van der Waals surface area contributed by atoms with Crippen molar-refractivity contribution in [3.63, 3.8) is 0 Å². The highest BCUT2D eigenvalue weighted by Crippen LogP contribution is 2.32. The van der Waals surface area contributed by atoms with Crippen LogP contribution in [0.4, 0.5) is 0 Å². The fourth-order valence-corrected chi connectivity index (χ4v) is 2.09. The van der Waals surface area contributed by atoms with E-state index in [-0.39, 0.29) is 9.45 Å².